The Balaban J connectivity index is 0.000000240. The molecule has 7 rings (SSSR count). The molecule has 0 saturated carbocycles. The lowest BCUT2D eigenvalue weighted by atomic mass is 10.1. The van der Waals surface area contributed by atoms with Crippen molar-refractivity contribution in [2.75, 3.05) is 22.1 Å². The number of nitrogens with one attached hydrogen (secondary N) is 3. The molecule has 0 aliphatic carbocycles. The number of phenolic OH excluding ortho intramolecular Hbond substituents is 2. The molecule has 2 heterocycles. The van der Waals surface area contributed by atoms with E-state index >= 15 is 0 Å². The van der Waals surface area contributed by atoms with Gasteiger partial charge in [-0.15, -0.1) is 10.2 Å². The molecular formula is C61H71Cl2F5N6O9S. The summed E-state index contributed by atoms with van der Waals surface area (Å²) < 4.78 is 105. The zero-order valence-electron chi connectivity index (χ0n) is 48.4. The van der Waals surface area contributed by atoms with E-state index in [0.717, 1.165) is 65.2 Å². The predicted octanol–water partition coefficient (Wildman–Crippen LogP) is 15.1. The van der Waals surface area contributed by atoms with Crippen LogP contribution in [0, 0.1) is 77.6 Å². The van der Waals surface area contributed by atoms with Gasteiger partial charge in [-0.3, -0.25) is 14.7 Å². The number of ether oxygens (including phenoxy) is 2. The Kier molecular flexibility index (Phi) is 25.0. The number of carbonyl (C=O) groups excluding carboxylic acids is 3. The highest BCUT2D eigenvalue weighted by Gasteiger charge is 2.31. The highest BCUT2D eigenvalue weighted by molar-refractivity contribution is 7.91. The molecule has 0 radical (unpaired) electrons. The number of anilines is 2. The zero-order valence-corrected chi connectivity index (χ0v) is 50.7. The van der Waals surface area contributed by atoms with E-state index in [2.05, 4.69) is 27.5 Å². The van der Waals surface area contributed by atoms with Crippen LogP contribution in [0.25, 0.3) is 5.65 Å². The van der Waals surface area contributed by atoms with Gasteiger partial charge in [0.1, 0.15) is 43.4 Å². The number of aromatic hydroxyl groups is 2. The van der Waals surface area contributed by atoms with Gasteiger partial charge in [-0.25, -0.2) is 39.7 Å². The van der Waals surface area contributed by atoms with Gasteiger partial charge in [-0.2, -0.15) is 0 Å². The maximum absolute atomic E-state index is 13.9. The van der Waals surface area contributed by atoms with Crippen molar-refractivity contribution in [2.24, 2.45) is 0 Å². The number of benzene rings is 5. The third-order valence-electron chi connectivity index (χ3n) is 13.5. The van der Waals surface area contributed by atoms with Crippen LogP contribution < -0.4 is 20.1 Å². The predicted molar refractivity (Wildman–Crippen MR) is 316 cm³/mol. The average molecular weight is 1230 g/mol. The number of rotatable bonds is 23. The fraction of sp³-hybridized carbons (Fsp3) is 0.393. The van der Waals surface area contributed by atoms with E-state index in [0.29, 0.717) is 57.5 Å². The Labute approximate surface area is 496 Å². The number of carbonyl (C=O) groups is 3. The summed E-state index contributed by atoms with van der Waals surface area (Å²) in [4.78, 5) is 36.9. The molecule has 0 aliphatic rings. The largest absolute Gasteiger partial charge is 0.507 e. The fourth-order valence-corrected chi connectivity index (χ4v) is 10.6. The SMILES string of the molecule is CCCCCCCCCCCCS(=O)(=O)CCCc1nnc2c(Cl)c(C)[nH]n12.Cc1ccc(OC(=O)c2cc(C)c(O)c(C)c2)c(C)c1.Cc1ccc(OC(C)C(=O)Nc2cc(O)c(NC(=O)c3c(F)c(F)c(F)c(F)c3F)cc2Cl)c(C)c1. The van der Waals surface area contributed by atoms with Crippen LogP contribution in [-0.2, 0) is 21.1 Å². The van der Waals surface area contributed by atoms with E-state index < -0.39 is 79.8 Å². The second-order valence-corrected chi connectivity index (χ2v) is 23.7. The number of aryl methyl sites for hydroxylation is 8. The smallest absolute Gasteiger partial charge is 0.343 e. The molecule has 23 heteroatoms. The normalized spacial score (nSPS) is 11.6. The summed E-state index contributed by atoms with van der Waals surface area (Å²) in [6.07, 6.45) is 12.2. The number of aromatic nitrogens is 4. The Morgan fingerprint density at radius 1 is 0.655 bits per heavy atom. The van der Waals surface area contributed by atoms with Crippen LogP contribution in [0.15, 0.2) is 60.7 Å². The molecule has 0 bridgehead atoms. The molecule has 2 amide bonds. The van der Waals surface area contributed by atoms with Gasteiger partial charge in [0, 0.05) is 12.5 Å². The van der Waals surface area contributed by atoms with E-state index in [4.69, 9.17) is 32.7 Å². The van der Waals surface area contributed by atoms with E-state index in [9.17, 15) is 55.0 Å². The molecule has 1 atom stereocenters. The third kappa shape index (κ3) is 18.6. The van der Waals surface area contributed by atoms with Crippen LogP contribution >= 0.6 is 23.2 Å². The molecule has 84 heavy (non-hydrogen) atoms. The average Bonchev–Trinajstić information content (AvgIpc) is 4.17. The van der Waals surface area contributed by atoms with Gasteiger partial charge in [0.2, 0.25) is 5.82 Å². The molecule has 0 saturated heterocycles. The van der Waals surface area contributed by atoms with Gasteiger partial charge >= 0.3 is 5.97 Å². The van der Waals surface area contributed by atoms with Crippen LogP contribution in [0.2, 0.25) is 10.0 Å². The minimum atomic E-state index is -2.99. The molecule has 0 aliphatic heterocycles. The first-order valence-electron chi connectivity index (χ1n) is 27.4. The molecular weight excluding hydrogens is 1160 g/mol. The lowest BCUT2D eigenvalue weighted by Crippen LogP contribution is -2.30. The van der Waals surface area contributed by atoms with Crippen LogP contribution in [0.5, 0.6) is 23.0 Å². The summed E-state index contributed by atoms with van der Waals surface area (Å²) in [7, 11) is -2.99. The van der Waals surface area contributed by atoms with Crippen molar-refractivity contribution in [2.45, 2.75) is 145 Å². The lowest BCUT2D eigenvalue weighted by molar-refractivity contribution is -0.122. The Morgan fingerprint density at radius 3 is 1.74 bits per heavy atom. The van der Waals surface area contributed by atoms with E-state index in [-0.39, 0.29) is 22.2 Å². The summed E-state index contributed by atoms with van der Waals surface area (Å²) in [6.45, 7) is 16.7. The number of H-pyrrole nitrogens is 1. The highest BCUT2D eigenvalue weighted by atomic mass is 35.5. The number of aromatic amines is 1. The van der Waals surface area contributed by atoms with Crippen molar-refractivity contribution in [1.29, 1.82) is 0 Å². The van der Waals surface area contributed by atoms with E-state index in [1.54, 1.807) is 55.6 Å². The van der Waals surface area contributed by atoms with Crippen molar-refractivity contribution in [3.8, 4) is 23.0 Å². The molecule has 0 fully saturated rings. The van der Waals surface area contributed by atoms with Gasteiger partial charge < -0.3 is 30.3 Å². The first-order chi connectivity index (χ1) is 39.6. The molecule has 2 aromatic heterocycles. The number of amides is 2. The maximum Gasteiger partial charge on any atom is 0.343 e. The molecule has 5 N–H and O–H groups in total. The quantitative estimate of drug-likeness (QED) is 0.00773. The molecule has 1 unspecified atom stereocenters. The molecule has 454 valence electrons. The highest BCUT2D eigenvalue weighted by Crippen LogP contribution is 2.35. The Morgan fingerprint density at radius 2 is 1.18 bits per heavy atom. The monoisotopic (exact) mass is 1230 g/mol. The van der Waals surface area contributed by atoms with Crippen LogP contribution in [0.1, 0.15) is 150 Å². The summed E-state index contributed by atoms with van der Waals surface area (Å²) in [5, 5.41) is 35.8. The van der Waals surface area contributed by atoms with E-state index in [1.165, 1.54) is 51.9 Å². The minimum Gasteiger partial charge on any atom is -0.507 e. The third-order valence-corrected chi connectivity index (χ3v) is 16.1. The van der Waals surface area contributed by atoms with Crippen LogP contribution in [0.3, 0.4) is 0 Å². The van der Waals surface area contributed by atoms with Crippen LogP contribution in [-0.4, -0.2) is 73.8 Å². The zero-order chi connectivity index (χ0) is 62.2. The standard InChI is InChI=1S/C24H18ClF5N2O4.C20H35ClN4O2S.C17H18O3/c1-9-4-5-16(10(2)6-9)36-11(3)23(34)31-13-8-15(33)14(7-12(13)25)32-24(35)17-18(26)20(28)22(30)21(29)19(17)27;1-3-4-5-6-7-8-9-10-11-12-15-28(26,27)16-13-14-18-22-23-20-19(21)17(2)24-25(18)20;1-10-5-6-15(11(2)7-10)20-17(19)14-8-12(3)16(18)13(4)9-14/h4-8,11,33H,1-3H3,(H,31,34)(H,32,35);24H,3-16H2,1-2H3;5-9,18H,1-4H3. The lowest BCUT2D eigenvalue weighted by Gasteiger charge is -2.18. The Bertz CT molecular complexity index is 3550. The fourth-order valence-electron chi connectivity index (χ4n) is 8.79. The number of halogens is 7. The summed E-state index contributed by atoms with van der Waals surface area (Å²) >= 11 is 12.2. The van der Waals surface area contributed by atoms with Gasteiger partial charge in [0.25, 0.3) is 11.8 Å². The number of hydrogen-bond donors (Lipinski definition) is 5. The summed E-state index contributed by atoms with van der Waals surface area (Å²) in [5.41, 5.74) is 4.68. The molecule has 7 aromatic rings. The number of unbranched alkanes of at least 4 members (excludes halogenated alkanes) is 9. The van der Waals surface area contributed by atoms with Gasteiger partial charge in [-0.1, -0.05) is 123 Å². The topological polar surface area (TPSA) is 214 Å². The summed E-state index contributed by atoms with van der Waals surface area (Å²) in [6, 6.07) is 16.1. The van der Waals surface area contributed by atoms with Crippen LogP contribution in [0.4, 0.5) is 33.3 Å². The number of nitrogens with zero attached hydrogens (tertiary/aromatic N) is 3. The van der Waals surface area contributed by atoms with Gasteiger partial charge in [0.05, 0.1) is 39.2 Å². The van der Waals surface area contributed by atoms with E-state index in [1.807, 2.05) is 51.2 Å². The van der Waals surface area contributed by atoms with Crippen molar-refractivity contribution in [3.05, 3.63) is 156 Å². The molecule has 15 nitrogen and oxygen atoms in total. The number of phenols is 2. The first kappa shape index (κ1) is 67.6. The van der Waals surface area contributed by atoms with Crippen molar-refractivity contribution >= 4 is 67.8 Å². The maximum atomic E-state index is 13.9. The second kappa shape index (κ2) is 31.1. The van der Waals surface area contributed by atoms with Crippen molar-refractivity contribution in [1.82, 2.24) is 19.8 Å². The minimum absolute atomic E-state index is 0.107. The second-order valence-electron chi connectivity index (χ2n) is 20.6. The van der Waals surface area contributed by atoms with Gasteiger partial charge in [-0.05, 0) is 121 Å². The number of esters is 1. The van der Waals surface area contributed by atoms with Crippen molar-refractivity contribution < 1.29 is 64.4 Å². The number of fused-ring (bicyclic) bond motifs is 1. The van der Waals surface area contributed by atoms with Gasteiger partial charge in [0.15, 0.2) is 40.8 Å². The number of sulfone groups is 1. The summed E-state index contributed by atoms with van der Waals surface area (Å²) in [5.74, 6) is -12.8. The molecule has 5 aromatic carbocycles. The Hall–Kier alpha value is -7.23. The number of hydrogen-bond acceptors (Lipinski definition) is 11. The van der Waals surface area contributed by atoms with Crippen molar-refractivity contribution in [3.63, 3.8) is 0 Å². The molecule has 0 spiro atoms. The first-order valence-corrected chi connectivity index (χ1v) is 30.0.